The number of hydrogen-bond acceptors (Lipinski definition) is 4. The first-order chi connectivity index (χ1) is 12.2. The molecule has 0 aliphatic rings. The number of benzene rings is 1. The summed E-state index contributed by atoms with van der Waals surface area (Å²) in [7, 11) is -4.19. The third kappa shape index (κ3) is 4.20. The highest BCUT2D eigenvalue weighted by atomic mass is 32.2. The van der Waals surface area contributed by atoms with E-state index in [1.165, 1.54) is 10.7 Å². The topological polar surface area (TPSA) is 76.9 Å². The summed E-state index contributed by atoms with van der Waals surface area (Å²) in [5.74, 6) is 0.00584. The fraction of sp³-hybridized carbons (Fsp3) is 0.125. The predicted molar refractivity (Wildman–Crippen MR) is 87.8 cm³/mol. The predicted octanol–water partition coefficient (Wildman–Crippen LogP) is 3.15. The maximum Gasteiger partial charge on any atom is 0.416 e. The Kier molecular flexibility index (Phi) is 4.68. The molecule has 0 aliphatic carbocycles. The fourth-order valence-electron chi connectivity index (χ4n) is 2.22. The highest BCUT2D eigenvalue weighted by Gasteiger charge is 2.31. The summed E-state index contributed by atoms with van der Waals surface area (Å²) in [6.07, 6.45) is 0.198. The number of nitrogens with zero attached hydrogens (tertiary/aromatic N) is 3. The molecule has 6 nitrogen and oxygen atoms in total. The fourth-order valence-corrected chi connectivity index (χ4v) is 3.26. The van der Waals surface area contributed by atoms with Crippen molar-refractivity contribution in [3.63, 3.8) is 0 Å². The first kappa shape index (κ1) is 17.9. The van der Waals surface area contributed by atoms with Crippen molar-refractivity contribution in [1.29, 1.82) is 0 Å². The van der Waals surface area contributed by atoms with E-state index in [0.29, 0.717) is 12.6 Å². The van der Waals surface area contributed by atoms with Gasteiger partial charge in [0.2, 0.25) is 0 Å². The zero-order valence-corrected chi connectivity index (χ0v) is 14.0. The van der Waals surface area contributed by atoms with Crippen LogP contribution in [0.2, 0.25) is 0 Å². The SMILES string of the molecule is O=S(=O)(Nc1ccn(Cc2cccnc2)n1)c1cccc(C(F)(F)F)c1. The summed E-state index contributed by atoms with van der Waals surface area (Å²) in [6, 6.07) is 8.53. The van der Waals surface area contributed by atoms with Crippen LogP contribution in [0.3, 0.4) is 0 Å². The molecule has 1 aromatic carbocycles. The van der Waals surface area contributed by atoms with Crippen LogP contribution in [-0.4, -0.2) is 23.2 Å². The lowest BCUT2D eigenvalue weighted by molar-refractivity contribution is -0.137. The molecule has 0 saturated carbocycles. The maximum atomic E-state index is 12.8. The lowest BCUT2D eigenvalue weighted by Gasteiger charge is -2.09. The molecule has 3 rings (SSSR count). The molecule has 0 aliphatic heterocycles. The van der Waals surface area contributed by atoms with Gasteiger partial charge in [-0.1, -0.05) is 12.1 Å². The zero-order valence-electron chi connectivity index (χ0n) is 13.2. The second-order valence-corrected chi connectivity index (χ2v) is 7.07. The number of anilines is 1. The lowest BCUT2D eigenvalue weighted by Crippen LogP contribution is -2.15. The molecule has 0 bridgehead atoms. The summed E-state index contributed by atoms with van der Waals surface area (Å²) in [5, 5.41) is 4.06. The van der Waals surface area contributed by atoms with Gasteiger partial charge in [0.1, 0.15) is 0 Å². The molecule has 0 spiro atoms. The van der Waals surface area contributed by atoms with Gasteiger partial charge in [-0.25, -0.2) is 8.42 Å². The Morgan fingerprint density at radius 1 is 1.12 bits per heavy atom. The van der Waals surface area contributed by atoms with Crippen LogP contribution in [0.1, 0.15) is 11.1 Å². The van der Waals surface area contributed by atoms with Crippen LogP contribution in [0.15, 0.2) is 66.0 Å². The zero-order chi connectivity index (χ0) is 18.8. The summed E-state index contributed by atoms with van der Waals surface area (Å²) in [4.78, 5) is 3.48. The first-order valence-electron chi connectivity index (χ1n) is 7.36. The standard InChI is InChI=1S/C16H13F3N4O2S/c17-16(18,19)13-4-1-5-14(9-13)26(24,25)22-15-6-8-23(21-15)11-12-3-2-7-20-10-12/h1-10H,11H2,(H,21,22). The summed E-state index contributed by atoms with van der Waals surface area (Å²) >= 11 is 0. The van der Waals surface area contributed by atoms with E-state index in [9.17, 15) is 21.6 Å². The molecule has 0 unspecified atom stereocenters. The minimum absolute atomic E-state index is 0.00584. The van der Waals surface area contributed by atoms with Crippen LogP contribution in [0.4, 0.5) is 19.0 Å². The van der Waals surface area contributed by atoms with Crippen LogP contribution < -0.4 is 4.72 Å². The Bertz CT molecular complexity index is 1000. The molecular formula is C16H13F3N4O2S. The number of sulfonamides is 1. The summed E-state index contributed by atoms with van der Waals surface area (Å²) in [6.45, 7) is 0.374. The molecule has 26 heavy (non-hydrogen) atoms. The van der Waals surface area contributed by atoms with Gasteiger partial charge in [-0.15, -0.1) is 0 Å². The van der Waals surface area contributed by atoms with Gasteiger partial charge in [0.15, 0.2) is 5.82 Å². The van der Waals surface area contributed by atoms with Crippen molar-refractivity contribution in [3.8, 4) is 0 Å². The van der Waals surface area contributed by atoms with E-state index in [4.69, 9.17) is 0 Å². The highest BCUT2D eigenvalue weighted by molar-refractivity contribution is 7.92. The van der Waals surface area contributed by atoms with Crippen molar-refractivity contribution >= 4 is 15.8 Å². The molecule has 2 aromatic heterocycles. The van der Waals surface area contributed by atoms with Gasteiger partial charge in [0, 0.05) is 24.7 Å². The number of nitrogens with one attached hydrogen (secondary N) is 1. The summed E-state index contributed by atoms with van der Waals surface area (Å²) < 4.78 is 66.6. The lowest BCUT2D eigenvalue weighted by atomic mass is 10.2. The van der Waals surface area contributed by atoms with Crippen LogP contribution >= 0.6 is 0 Å². The first-order valence-corrected chi connectivity index (χ1v) is 8.85. The molecule has 0 atom stereocenters. The number of aromatic nitrogens is 3. The van der Waals surface area contributed by atoms with Crippen molar-refractivity contribution in [2.24, 2.45) is 0 Å². The van der Waals surface area contributed by atoms with Gasteiger partial charge in [-0.3, -0.25) is 14.4 Å². The molecule has 0 amide bonds. The number of alkyl halides is 3. The Morgan fingerprint density at radius 2 is 1.92 bits per heavy atom. The van der Waals surface area contributed by atoms with Gasteiger partial charge < -0.3 is 0 Å². The van der Waals surface area contributed by atoms with Crippen molar-refractivity contribution in [2.45, 2.75) is 17.6 Å². The minimum Gasteiger partial charge on any atom is -0.266 e. The van der Waals surface area contributed by atoms with Gasteiger partial charge in [0.25, 0.3) is 10.0 Å². The Labute approximate surface area is 147 Å². The Morgan fingerprint density at radius 3 is 2.62 bits per heavy atom. The van der Waals surface area contributed by atoms with E-state index in [2.05, 4.69) is 14.8 Å². The smallest absolute Gasteiger partial charge is 0.266 e. The normalized spacial score (nSPS) is 12.1. The Hall–Kier alpha value is -2.88. The van der Waals surface area contributed by atoms with Gasteiger partial charge in [-0.05, 0) is 29.8 Å². The highest BCUT2D eigenvalue weighted by Crippen LogP contribution is 2.30. The largest absolute Gasteiger partial charge is 0.416 e. The maximum absolute atomic E-state index is 12.8. The van der Waals surface area contributed by atoms with E-state index in [1.54, 1.807) is 24.7 Å². The van der Waals surface area contributed by atoms with Crippen molar-refractivity contribution < 1.29 is 21.6 Å². The van der Waals surface area contributed by atoms with E-state index in [0.717, 1.165) is 23.8 Å². The molecule has 0 fully saturated rings. The molecule has 0 radical (unpaired) electrons. The van der Waals surface area contributed by atoms with Crippen LogP contribution in [0.5, 0.6) is 0 Å². The van der Waals surface area contributed by atoms with Crippen LogP contribution in [-0.2, 0) is 22.7 Å². The second-order valence-electron chi connectivity index (χ2n) is 5.39. The quantitative estimate of drug-likeness (QED) is 0.736. The Balaban J connectivity index is 1.78. The van der Waals surface area contributed by atoms with Crippen molar-refractivity contribution in [2.75, 3.05) is 4.72 Å². The summed E-state index contributed by atoms with van der Waals surface area (Å²) in [5.41, 5.74) is -0.176. The van der Waals surface area contributed by atoms with Gasteiger partial charge in [-0.2, -0.15) is 18.3 Å². The molecule has 1 N–H and O–H groups in total. The van der Waals surface area contributed by atoms with Crippen molar-refractivity contribution in [1.82, 2.24) is 14.8 Å². The average Bonchev–Trinajstić information content (AvgIpc) is 3.01. The van der Waals surface area contributed by atoms with Crippen LogP contribution in [0.25, 0.3) is 0 Å². The average molecular weight is 382 g/mol. The second kappa shape index (κ2) is 6.79. The molecule has 0 saturated heterocycles. The third-order valence-electron chi connectivity index (χ3n) is 3.42. The number of rotatable bonds is 5. The molecule has 136 valence electrons. The minimum atomic E-state index is -4.63. The van der Waals surface area contributed by atoms with E-state index >= 15 is 0 Å². The van der Waals surface area contributed by atoms with E-state index < -0.39 is 26.7 Å². The number of hydrogen-bond donors (Lipinski definition) is 1. The van der Waals surface area contributed by atoms with Gasteiger partial charge in [0.05, 0.1) is 17.0 Å². The van der Waals surface area contributed by atoms with E-state index in [1.807, 2.05) is 6.07 Å². The molecule has 10 heteroatoms. The number of pyridine rings is 1. The monoisotopic (exact) mass is 382 g/mol. The third-order valence-corrected chi connectivity index (χ3v) is 4.77. The van der Waals surface area contributed by atoms with Gasteiger partial charge >= 0.3 is 6.18 Å². The van der Waals surface area contributed by atoms with Crippen molar-refractivity contribution in [3.05, 3.63) is 72.2 Å². The molecule has 2 heterocycles. The molecule has 3 aromatic rings. The number of halogens is 3. The van der Waals surface area contributed by atoms with Crippen LogP contribution in [0, 0.1) is 0 Å². The molecular weight excluding hydrogens is 369 g/mol. The van der Waals surface area contributed by atoms with E-state index in [-0.39, 0.29) is 5.82 Å².